The molecule has 4 rings (SSSR count). The van der Waals surface area contributed by atoms with Crippen molar-refractivity contribution in [2.75, 3.05) is 16.8 Å². The van der Waals surface area contributed by atoms with Crippen LogP contribution in [0.3, 0.4) is 0 Å². The number of anilines is 2. The molecular weight excluding hydrogens is 401 g/mol. The van der Waals surface area contributed by atoms with Gasteiger partial charge in [-0.15, -0.1) is 5.10 Å². The number of aromatic nitrogens is 4. The van der Waals surface area contributed by atoms with Gasteiger partial charge in [0.25, 0.3) is 0 Å². The minimum Gasteiger partial charge on any atom is -0.323 e. The van der Waals surface area contributed by atoms with Crippen molar-refractivity contribution in [2.45, 2.75) is 13.3 Å². The number of carbonyl (C=O) groups is 2. The van der Waals surface area contributed by atoms with Crippen LogP contribution >= 0.6 is 0 Å². The highest BCUT2D eigenvalue weighted by Gasteiger charge is 2.36. The summed E-state index contributed by atoms with van der Waals surface area (Å²) in [4.78, 5) is 26.0. The Bertz CT molecular complexity index is 1150. The molecule has 0 spiro atoms. The Morgan fingerprint density at radius 2 is 1.93 bits per heavy atom. The van der Waals surface area contributed by atoms with E-state index in [9.17, 15) is 22.8 Å². The zero-order valence-electron chi connectivity index (χ0n) is 15.6. The normalized spacial score (nSPS) is 16.2. The van der Waals surface area contributed by atoms with Gasteiger partial charge in [0, 0.05) is 19.0 Å². The number of carbonyl (C=O) groups excluding carboxylic acids is 2. The van der Waals surface area contributed by atoms with Gasteiger partial charge in [0.2, 0.25) is 11.8 Å². The first kappa shape index (κ1) is 19.6. The lowest BCUT2D eigenvalue weighted by atomic mass is 10.1. The van der Waals surface area contributed by atoms with E-state index in [1.807, 2.05) is 0 Å². The van der Waals surface area contributed by atoms with E-state index >= 15 is 0 Å². The molecule has 30 heavy (non-hydrogen) atoms. The summed E-state index contributed by atoms with van der Waals surface area (Å²) >= 11 is 0. The van der Waals surface area contributed by atoms with Crippen molar-refractivity contribution in [3.63, 3.8) is 0 Å². The van der Waals surface area contributed by atoms with Crippen LogP contribution in [0, 0.1) is 30.3 Å². The molecule has 0 saturated carbocycles. The third kappa shape index (κ3) is 3.61. The van der Waals surface area contributed by atoms with Crippen molar-refractivity contribution >= 4 is 23.2 Å². The topological polar surface area (TPSA) is 93.0 Å². The summed E-state index contributed by atoms with van der Waals surface area (Å²) in [6, 6.07) is 6.81. The smallest absolute Gasteiger partial charge is 0.229 e. The fraction of sp³-hybridized carbons (Fsp3) is 0.211. The maximum Gasteiger partial charge on any atom is 0.229 e. The lowest BCUT2D eigenvalue weighted by molar-refractivity contribution is -0.122. The Labute approximate surface area is 168 Å². The number of aryl methyl sites for hydroxylation is 1. The van der Waals surface area contributed by atoms with Crippen LogP contribution in [-0.4, -0.2) is 38.6 Å². The minimum atomic E-state index is -0.903. The Morgan fingerprint density at radius 3 is 2.63 bits per heavy atom. The Morgan fingerprint density at radius 1 is 1.13 bits per heavy atom. The second-order valence-corrected chi connectivity index (χ2v) is 6.79. The number of rotatable bonds is 4. The molecular formula is C19H15F3N6O2. The molecule has 1 fully saturated rings. The fourth-order valence-electron chi connectivity index (χ4n) is 3.26. The van der Waals surface area contributed by atoms with Crippen molar-refractivity contribution in [3.8, 4) is 5.69 Å². The molecule has 0 radical (unpaired) electrons. The number of benzene rings is 2. The molecule has 1 saturated heterocycles. The fourth-order valence-corrected chi connectivity index (χ4v) is 3.26. The zero-order chi connectivity index (χ0) is 21.4. The molecule has 8 nitrogen and oxygen atoms in total. The first-order valence-corrected chi connectivity index (χ1v) is 8.94. The Kier molecular flexibility index (Phi) is 4.94. The highest BCUT2D eigenvalue weighted by Crippen LogP contribution is 2.29. The molecule has 0 bridgehead atoms. The van der Waals surface area contributed by atoms with Gasteiger partial charge in [-0.3, -0.25) is 9.59 Å². The molecule has 154 valence electrons. The van der Waals surface area contributed by atoms with E-state index in [2.05, 4.69) is 20.8 Å². The molecule has 1 aliphatic rings. The zero-order valence-corrected chi connectivity index (χ0v) is 15.6. The number of nitrogens with zero attached hydrogens (tertiary/aromatic N) is 5. The van der Waals surface area contributed by atoms with Gasteiger partial charge in [-0.1, -0.05) is 0 Å². The summed E-state index contributed by atoms with van der Waals surface area (Å²) in [7, 11) is 0. The second kappa shape index (κ2) is 7.58. The Hall–Kier alpha value is -3.76. The average Bonchev–Trinajstić information content (AvgIpc) is 3.29. The molecule has 3 aromatic rings. The van der Waals surface area contributed by atoms with Crippen LogP contribution in [0.1, 0.15) is 12.2 Å². The van der Waals surface area contributed by atoms with Crippen molar-refractivity contribution in [1.82, 2.24) is 20.2 Å². The monoisotopic (exact) mass is 416 g/mol. The predicted octanol–water partition coefficient (Wildman–Crippen LogP) is 2.38. The first-order chi connectivity index (χ1) is 14.3. The number of nitrogens with one attached hydrogen (secondary N) is 1. The lowest BCUT2D eigenvalue weighted by Crippen LogP contribution is -2.29. The van der Waals surface area contributed by atoms with Crippen LogP contribution in [0.25, 0.3) is 5.69 Å². The van der Waals surface area contributed by atoms with Crippen LogP contribution < -0.4 is 10.2 Å². The molecule has 11 heteroatoms. The summed E-state index contributed by atoms with van der Waals surface area (Å²) in [5, 5.41) is 13.5. The molecule has 1 aliphatic heterocycles. The maximum absolute atomic E-state index is 14.2. The Balaban J connectivity index is 1.52. The van der Waals surface area contributed by atoms with Gasteiger partial charge < -0.3 is 10.2 Å². The largest absolute Gasteiger partial charge is 0.323 e. The van der Waals surface area contributed by atoms with Crippen LogP contribution in [-0.2, 0) is 9.59 Å². The number of tetrazole rings is 1. The summed E-state index contributed by atoms with van der Waals surface area (Å²) in [5.74, 6) is -3.80. The number of amides is 2. The van der Waals surface area contributed by atoms with Gasteiger partial charge in [-0.25, -0.2) is 13.2 Å². The minimum absolute atomic E-state index is 0.105. The highest BCUT2D eigenvalue weighted by molar-refractivity contribution is 6.03. The van der Waals surface area contributed by atoms with Crippen LogP contribution in [0.4, 0.5) is 24.5 Å². The number of hydrogen-bond acceptors (Lipinski definition) is 5. The molecule has 2 aromatic carbocycles. The average molecular weight is 416 g/mol. The van der Waals surface area contributed by atoms with Crippen LogP contribution in [0.15, 0.2) is 36.4 Å². The number of hydrogen-bond donors (Lipinski definition) is 1. The van der Waals surface area contributed by atoms with E-state index < -0.39 is 35.2 Å². The molecule has 2 heterocycles. The lowest BCUT2D eigenvalue weighted by Gasteiger charge is -2.17. The highest BCUT2D eigenvalue weighted by atomic mass is 19.1. The molecule has 1 aromatic heterocycles. The quantitative estimate of drug-likeness (QED) is 0.705. The van der Waals surface area contributed by atoms with Gasteiger partial charge in [-0.2, -0.15) is 4.68 Å². The van der Waals surface area contributed by atoms with Crippen LogP contribution in [0.5, 0.6) is 0 Å². The molecule has 2 amide bonds. The van der Waals surface area contributed by atoms with Gasteiger partial charge in [-0.05, 0) is 47.7 Å². The van der Waals surface area contributed by atoms with E-state index in [1.165, 1.54) is 16.8 Å². The first-order valence-electron chi connectivity index (χ1n) is 8.94. The second-order valence-electron chi connectivity index (χ2n) is 6.79. The van der Waals surface area contributed by atoms with Gasteiger partial charge in [0.1, 0.15) is 17.5 Å². The summed E-state index contributed by atoms with van der Waals surface area (Å²) in [6.45, 7) is 1.55. The summed E-state index contributed by atoms with van der Waals surface area (Å²) in [5.41, 5.74) is 0.219. The SMILES string of the molecule is Cc1nnnn1-c1ccc(F)c(NC(=O)C2CC(=O)N(c3ccc(F)cc3F)C2)c1. The maximum atomic E-state index is 14.2. The van der Waals surface area contributed by atoms with Crippen LogP contribution in [0.2, 0.25) is 0 Å². The predicted molar refractivity (Wildman–Crippen MR) is 99.3 cm³/mol. The van der Waals surface area contributed by atoms with Crippen molar-refractivity contribution in [2.24, 2.45) is 5.92 Å². The van der Waals surface area contributed by atoms with E-state index in [4.69, 9.17) is 0 Å². The summed E-state index contributed by atoms with van der Waals surface area (Å²) in [6.07, 6.45) is -0.184. The van der Waals surface area contributed by atoms with E-state index in [-0.39, 0.29) is 24.3 Å². The van der Waals surface area contributed by atoms with Gasteiger partial charge >= 0.3 is 0 Å². The molecule has 0 aliphatic carbocycles. The van der Waals surface area contributed by atoms with E-state index in [0.29, 0.717) is 17.6 Å². The van der Waals surface area contributed by atoms with E-state index in [1.54, 1.807) is 6.92 Å². The van der Waals surface area contributed by atoms with Gasteiger partial charge in [0.15, 0.2) is 5.82 Å². The molecule has 1 unspecified atom stereocenters. The van der Waals surface area contributed by atoms with E-state index in [0.717, 1.165) is 23.1 Å². The third-order valence-electron chi connectivity index (χ3n) is 4.77. The molecule has 1 N–H and O–H groups in total. The molecule has 1 atom stereocenters. The number of halogens is 3. The van der Waals surface area contributed by atoms with Crippen molar-refractivity contribution < 1.29 is 22.8 Å². The third-order valence-corrected chi connectivity index (χ3v) is 4.77. The summed E-state index contributed by atoms with van der Waals surface area (Å²) < 4.78 is 42.7. The standard InChI is InChI=1S/C19H15F3N6O2/c1-10-24-25-26-28(10)13-3-4-14(21)16(8-13)23-19(30)11-6-18(29)27(9-11)17-5-2-12(20)7-15(17)22/h2-5,7-8,11H,6,9H2,1H3,(H,23,30). The van der Waals surface area contributed by atoms with Gasteiger partial charge in [0.05, 0.1) is 23.0 Å². The van der Waals surface area contributed by atoms with Crippen molar-refractivity contribution in [3.05, 3.63) is 59.7 Å². The van der Waals surface area contributed by atoms with Crippen molar-refractivity contribution in [1.29, 1.82) is 0 Å².